The van der Waals surface area contributed by atoms with Gasteiger partial charge in [0, 0.05) is 25.7 Å². The Morgan fingerprint density at radius 3 is 3.15 bits per heavy atom. The molecule has 3 nitrogen and oxygen atoms in total. The first-order chi connectivity index (χ1) is 6.31. The zero-order valence-corrected chi connectivity index (χ0v) is 7.75. The van der Waals surface area contributed by atoms with Crippen LogP contribution in [0.3, 0.4) is 0 Å². The zero-order valence-electron chi connectivity index (χ0n) is 7.75. The van der Waals surface area contributed by atoms with Gasteiger partial charge in [-0.1, -0.05) is 0 Å². The van der Waals surface area contributed by atoms with E-state index in [4.69, 9.17) is 0 Å². The molecule has 0 fully saturated rings. The number of hydrogen-bond donors (Lipinski definition) is 2. The van der Waals surface area contributed by atoms with Crippen LogP contribution in [0.5, 0.6) is 5.75 Å². The fraction of sp³-hybridized carbons (Fsp3) is 0.400. The van der Waals surface area contributed by atoms with Crippen molar-refractivity contribution >= 4 is 11.4 Å². The van der Waals surface area contributed by atoms with E-state index in [0.717, 1.165) is 31.0 Å². The Kier molecular flexibility index (Phi) is 2.00. The lowest BCUT2D eigenvalue weighted by atomic mass is 10.2. The van der Waals surface area contributed by atoms with Gasteiger partial charge < -0.3 is 15.3 Å². The number of rotatable bonds is 1. The van der Waals surface area contributed by atoms with E-state index in [1.807, 2.05) is 12.1 Å². The molecule has 1 aliphatic rings. The molecule has 70 valence electrons. The number of anilines is 2. The summed E-state index contributed by atoms with van der Waals surface area (Å²) >= 11 is 0. The van der Waals surface area contributed by atoms with E-state index in [1.54, 1.807) is 6.07 Å². The minimum Gasteiger partial charge on any atom is -0.508 e. The molecule has 2 N–H and O–H groups in total. The molecule has 0 aromatic heterocycles. The second-order valence-electron chi connectivity index (χ2n) is 3.21. The van der Waals surface area contributed by atoms with Crippen LogP contribution in [-0.2, 0) is 0 Å². The third kappa shape index (κ3) is 1.41. The number of nitrogens with one attached hydrogen (secondary N) is 1. The molecule has 1 heterocycles. The molecule has 0 aliphatic carbocycles. The largest absolute Gasteiger partial charge is 0.508 e. The van der Waals surface area contributed by atoms with Gasteiger partial charge >= 0.3 is 0 Å². The Bertz CT molecular complexity index is 312. The summed E-state index contributed by atoms with van der Waals surface area (Å²) < 4.78 is 0. The van der Waals surface area contributed by atoms with Crippen LogP contribution in [0.25, 0.3) is 0 Å². The molecule has 0 spiro atoms. The highest BCUT2D eigenvalue weighted by molar-refractivity contribution is 5.73. The average molecular weight is 178 g/mol. The van der Waals surface area contributed by atoms with Crippen molar-refractivity contribution in [1.29, 1.82) is 0 Å². The van der Waals surface area contributed by atoms with Gasteiger partial charge in [0.25, 0.3) is 0 Å². The minimum absolute atomic E-state index is 0.334. The van der Waals surface area contributed by atoms with Crippen molar-refractivity contribution in [3.8, 4) is 5.75 Å². The highest BCUT2D eigenvalue weighted by Gasteiger charge is 2.14. The summed E-state index contributed by atoms with van der Waals surface area (Å²) in [5.74, 6) is 0.334. The van der Waals surface area contributed by atoms with E-state index < -0.39 is 0 Å². The number of likely N-dealkylation sites (N-methyl/N-ethyl adjacent to an activating group) is 1. The van der Waals surface area contributed by atoms with Crippen LogP contribution in [0.4, 0.5) is 11.4 Å². The molecular formula is C10H14N2O. The normalized spacial score (nSPS) is 15.0. The van der Waals surface area contributed by atoms with Crippen LogP contribution in [0, 0.1) is 0 Å². The maximum Gasteiger partial charge on any atom is 0.117 e. The molecule has 0 saturated carbocycles. The van der Waals surface area contributed by atoms with Crippen molar-refractivity contribution in [2.45, 2.75) is 6.92 Å². The summed E-state index contributed by atoms with van der Waals surface area (Å²) in [6.07, 6.45) is 0. The predicted octanol–water partition coefficient (Wildman–Crippen LogP) is 1.64. The second kappa shape index (κ2) is 3.17. The van der Waals surface area contributed by atoms with Crippen LogP contribution in [0.2, 0.25) is 0 Å². The van der Waals surface area contributed by atoms with Gasteiger partial charge in [0.1, 0.15) is 5.75 Å². The molecule has 2 rings (SSSR count). The Morgan fingerprint density at radius 1 is 1.54 bits per heavy atom. The molecule has 0 saturated heterocycles. The van der Waals surface area contributed by atoms with Crippen molar-refractivity contribution in [2.75, 3.05) is 29.9 Å². The molecule has 0 radical (unpaired) electrons. The fourth-order valence-electron chi connectivity index (χ4n) is 1.71. The highest BCUT2D eigenvalue weighted by Crippen LogP contribution is 2.31. The van der Waals surface area contributed by atoms with Gasteiger partial charge in [-0.2, -0.15) is 0 Å². The summed E-state index contributed by atoms with van der Waals surface area (Å²) in [6, 6.07) is 5.45. The Labute approximate surface area is 78.0 Å². The second-order valence-corrected chi connectivity index (χ2v) is 3.21. The van der Waals surface area contributed by atoms with E-state index >= 15 is 0 Å². The van der Waals surface area contributed by atoms with Crippen molar-refractivity contribution < 1.29 is 5.11 Å². The van der Waals surface area contributed by atoms with Gasteiger partial charge in [-0.05, 0) is 19.1 Å². The molecule has 1 aromatic carbocycles. The summed E-state index contributed by atoms with van der Waals surface area (Å²) in [4.78, 5) is 2.26. The molecular weight excluding hydrogens is 164 g/mol. The number of benzene rings is 1. The lowest BCUT2D eigenvalue weighted by molar-refractivity contribution is 0.475. The highest BCUT2D eigenvalue weighted by atomic mass is 16.3. The lowest BCUT2D eigenvalue weighted by Gasteiger charge is -2.31. The van der Waals surface area contributed by atoms with E-state index in [-0.39, 0.29) is 0 Å². The van der Waals surface area contributed by atoms with Crippen molar-refractivity contribution in [3.05, 3.63) is 18.2 Å². The Morgan fingerprint density at radius 2 is 2.38 bits per heavy atom. The molecule has 0 unspecified atom stereocenters. The summed E-state index contributed by atoms with van der Waals surface area (Å²) in [7, 11) is 0. The van der Waals surface area contributed by atoms with Gasteiger partial charge in [-0.25, -0.2) is 0 Å². The third-order valence-corrected chi connectivity index (χ3v) is 2.40. The minimum atomic E-state index is 0.334. The third-order valence-electron chi connectivity index (χ3n) is 2.40. The lowest BCUT2D eigenvalue weighted by Crippen LogP contribution is -2.33. The molecule has 13 heavy (non-hydrogen) atoms. The first-order valence-electron chi connectivity index (χ1n) is 4.63. The molecule has 1 aromatic rings. The number of phenols is 1. The smallest absolute Gasteiger partial charge is 0.117 e. The first kappa shape index (κ1) is 8.23. The monoisotopic (exact) mass is 178 g/mol. The fourth-order valence-corrected chi connectivity index (χ4v) is 1.71. The molecule has 0 bridgehead atoms. The first-order valence-corrected chi connectivity index (χ1v) is 4.63. The molecule has 1 aliphatic heterocycles. The van der Waals surface area contributed by atoms with Crippen LogP contribution in [-0.4, -0.2) is 24.7 Å². The van der Waals surface area contributed by atoms with Gasteiger partial charge in [0.05, 0.1) is 11.4 Å². The van der Waals surface area contributed by atoms with Crippen LogP contribution in [0.1, 0.15) is 6.92 Å². The van der Waals surface area contributed by atoms with Crippen LogP contribution >= 0.6 is 0 Å². The van der Waals surface area contributed by atoms with E-state index in [1.165, 1.54) is 0 Å². The summed E-state index contributed by atoms with van der Waals surface area (Å²) in [5.41, 5.74) is 2.22. The van der Waals surface area contributed by atoms with E-state index in [0.29, 0.717) is 5.75 Å². The van der Waals surface area contributed by atoms with Crippen LogP contribution < -0.4 is 10.2 Å². The van der Waals surface area contributed by atoms with Gasteiger partial charge in [-0.3, -0.25) is 0 Å². The van der Waals surface area contributed by atoms with Crippen molar-refractivity contribution in [1.82, 2.24) is 0 Å². The number of hydrogen-bond acceptors (Lipinski definition) is 3. The van der Waals surface area contributed by atoms with Crippen molar-refractivity contribution in [2.24, 2.45) is 0 Å². The van der Waals surface area contributed by atoms with Crippen molar-refractivity contribution in [3.63, 3.8) is 0 Å². The van der Waals surface area contributed by atoms with Crippen LogP contribution in [0.15, 0.2) is 18.2 Å². The number of fused-ring (bicyclic) bond motifs is 1. The molecule has 3 heteroatoms. The number of nitrogens with zero attached hydrogens (tertiary/aromatic N) is 1. The number of phenolic OH excluding ortho intramolecular Hbond substituents is 1. The summed E-state index contributed by atoms with van der Waals surface area (Å²) in [5, 5.41) is 12.6. The topological polar surface area (TPSA) is 35.5 Å². The van der Waals surface area contributed by atoms with E-state index in [9.17, 15) is 5.11 Å². The predicted molar refractivity (Wildman–Crippen MR) is 54.5 cm³/mol. The average Bonchev–Trinajstić information content (AvgIpc) is 2.17. The molecule has 0 atom stereocenters. The summed E-state index contributed by atoms with van der Waals surface area (Å²) in [6.45, 7) is 5.09. The van der Waals surface area contributed by atoms with Gasteiger partial charge in [-0.15, -0.1) is 0 Å². The Balaban J connectivity index is 2.41. The van der Waals surface area contributed by atoms with E-state index in [2.05, 4.69) is 17.1 Å². The molecule has 0 amide bonds. The standard InChI is InChI=1S/C10H14N2O/c1-2-12-6-5-11-9-4-3-8(13)7-10(9)12/h3-4,7,11,13H,2,5-6H2,1H3. The Hall–Kier alpha value is -1.38. The maximum atomic E-state index is 9.35. The zero-order chi connectivity index (χ0) is 9.26. The number of aromatic hydroxyl groups is 1. The quantitative estimate of drug-likeness (QED) is 0.642. The SMILES string of the molecule is CCN1CCNc2ccc(O)cc21. The van der Waals surface area contributed by atoms with Gasteiger partial charge in [0.15, 0.2) is 0 Å². The maximum absolute atomic E-state index is 9.35. The van der Waals surface area contributed by atoms with Gasteiger partial charge in [0.2, 0.25) is 0 Å².